The fraction of sp³-hybridized carbons (Fsp3) is 0.118. The highest BCUT2D eigenvalue weighted by molar-refractivity contribution is 7.90. The molecule has 2 amide bonds. The first kappa shape index (κ1) is 22.0. The van der Waals surface area contributed by atoms with Crippen molar-refractivity contribution in [2.75, 3.05) is 11.6 Å². The molecular formula is C17H11ClF3N3O4S2. The summed E-state index contributed by atoms with van der Waals surface area (Å²) in [5, 5.41) is 1.77. The van der Waals surface area contributed by atoms with Crippen molar-refractivity contribution in [3.05, 3.63) is 52.0 Å². The standard InChI is InChI=1S/C17H11ClF3N3O4S2/c1-30(27,28)8-2-3-11-12(6-8)29-16(23-11)24-15(26)10-5-7(17(19,20)21)4-9(13(10)18)14(22)25/h2-6H,1H3,(H2,22,25)(H,23,24,26). The van der Waals surface area contributed by atoms with Gasteiger partial charge in [-0.25, -0.2) is 13.4 Å². The fourth-order valence-corrected chi connectivity index (χ4v) is 4.40. The monoisotopic (exact) mass is 477 g/mol. The second-order valence-electron chi connectivity index (χ2n) is 6.12. The average molecular weight is 478 g/mol. The Kier molecular flexibility index (Phi) is 5.52. The fourth-order valence-electron chi connectivity index (χ4n) is 2.49. The number of aromatic nitrogens is 1. The molecule has 7 nitrogen and oxygen atoms in total. The van der Waals surface area contributed by atoms with Crippen LogP contribution in [0.3, 0.4) is 0 Å². The Morgan fingerprint density at radius 2 is 1.80 bits per heavy atom. The number of fused-ring (bicyclic) bond motifs is 1. The first-order valence-electron chi connectivity index (χ1n) is 7.90. The van der Waals surface area contributed by atoms with Crippen LogP contribution >= 0.6 is 22.9 Å². The van der Waals surface area contributed by atoms with Crippen LogP contribution in [0.15, 0.2) is 35.2 Å². The molecule has 2 aromatic carbocycles. The Labute approximate surface area is 176 Å². The van der Waals surface area contributed by atoms with E-state index >= 15 is 0 Å². The summed E-state index contributed by atoms with van der Waals surface area (Å²) < 4.78 is 63.1. The molecule has 0 saturated heterocycles. The summed E-state index contributed by atoms with van der Waals surface area (Å²) in [6, 6.07) is 5.09. The van der Waals surface area contributed by atoms with Crippen molar-refractivity contribution in [2.24, 2.45) is 5.73 Å². The molecule has 0 aliphatic carbocycles. The number of nitrogens with one attached hydrogen (secondary N) is 1. The summed E-state index contributed by atoms with van der Waals surface area (Å²) in [4.78, 5) is 28.1. The third-order valence-electron chi connectivity index (χ3n) is 3.92. The first-order valence-corrected chi connectivity index (χ1v) is 11.0. The minimum atomic E-state index is -4.85. The van der Waals surface area contributed by atoms with E-state index in [-0.39, 0.29) is 10.0 Å². The summed E-state index contributed by atoms with van der Waals surface area (Å²) in [6.45, 7) is 0. The van der Waals surface area contributed by atoms with E-state index in [0.717, 1.165) is 17.6 Å². The van der Waals surface area contributed by atoms with E-state index < -0.39 is 49.5 Å². The van der Waals surface area contributed by atoms with E-state index in [1.807, 2.05) is 0 Å². The number of primary amides is 1. The summed E-state index contributed by atoms with van der Waals surface area (Å²) in [6.07, 6.45) is -3.81. The van der Waals surface area contributed by atoms with Crippen molar-refractivity contribution in [3.63, 3.8) is 0 Å². The lowest BCUT2D eigenvalue weighted by atomic mass is 10.0. The molecule has 0 unspecified atom stereocenters. The molecule has 0 spiro atoms. The van der Waals surface area contributed by atoms with Gasteiger partial charge in [0.05, 0.1) is 36.8 Å². The molecular weight excluding hydrogens is 467 g/mol. The van der Waals surface area contributed by atoms with Gasteiger partial charge in [0.15, 0.2) is 15.0 Å². The van der Waals surface area contributed by atoms with Crippen molar-refractivity contribution in [2.45, 2.75) is 11.1 Å². The van der Waals surface area contributed by atoms with E-state index in [0.29, 0.717) is 22.3 Å². The number of sulfone groups is 1. The maximum Gasteiger partial charge on any atom is 0.416 e. The zero-order valence-electron chi connectivity index (χ0n) is 14.9. The van der Waals surface area contributed by atoms with E-state index in [1.54, 1.807) is 0 Å². The Bertz CT molecular complexity index is 1300. The van der Waals surface area contributed by atoms with Gasteiger partial charge in [-0.2, -0.15) is 13.2 Å². The Morgan fingerprint density at radius 1 is 1.17 bits per heavy atom. The Hall–Kier alpha value is -2.70. The highest BCUT2D eigenvalue weighted by Gasteiger charge is 2.34. The SMILES string of the molecule is CS(=O)(=O)c1ccc2nc(NC(=O)c3cc(C(F)(F)F)cc(C(N)=O)c3Cl)sc2c1. The van der Waals surface area contributed by atoms with E-state index in [1.165, 1.54) is 18.2 Å². The number of carbonyl (C=O) groups excluding carboxylic acids is 2. The van der Waals surface area contributed by atoms with Gasteiger partial charge in [-0.05, 0) is 30.3 Å². The van der Waals surface area contributed by atoms with Gasteiger partial charge in [0.2, 0.25) is 5.91 Å². The minimum Gasteiger partial charge on any atom is -0.366 e. The molecule has 3 aromatic rings. The van der Waals surface area contributed by atoms with Gasteiger partial charge in [0, 0.05) is 6.26 Å². The Morgan fingerprint density at radius 3 is 2.37 bits per heavy atom. The number of hydrogen-bond acceptors (Lipinski definition) is 6. The molecule has 1 heterocycles. The third kappa shape index (κ3) is 4.40. The molecule has 0 radical (unpaired) electrons. The predicted octanol–water partition coefficient (Wildman–Crippen LogP) is 3.72. The van der Waals surface area contributed by atoms with Gasteiger partial charge < -0.3 is 5.73 Å². The maximum absolute atomic E-state index is 13.1. The van der Waals surface area contributed by atoms with Crippen LogP contribution in [0.2, 0.25) is 5.02 Å². The van der Waals surface area contributed by atoms with Gasteiger partial charge in [0.1, 0.15) is 0 Å². The summed E-state index contributed by atoms with van der Waals surface area (Å²) >= 11 is 6.84. The third-order valence-corrected chi connectivity index (χ3v) is 6.37. The molecule has 0 fully saturated rings. The van der Waals surface area contributed by atoms with Gasteiger partial charge in [-0.3, -0.25) is 14.9 Å². The second kappa shape index (κ2) is 7.52. The number of carbonyl (C=O) groups is 2. The summed E-state index contributed by atoms with van der Waals surface area (Å²) in [5.41, 5.74) is 2.90. The van der Waals surface area contributed by atoms with E-state index in [2.05, 4.69) is 10.3 Å². The molecule has 13 heteroatoms. The van der Waals surface area contributed by atoms with Crippen molar-refractivity contribution in [1.82, 2.24) is 4.98 Å². The number of anilines is 1. The molecule has 0 saturated carbocycles. The smallest absolute Gasteiger partial charge is 0.366 e. The molecule has 0 aliphatic heterocycles. The van der Waals surface area contributed by atoms with Crippen LogP contribution in [0.1, 0.15) is 26.3 Å². The molecule has 0 atom stereocenters. The normalized spacial score (nSPS) is 12.2. The molecule has 0 aliphatic rings. The number of rotatable bonds is 4. The van der Waals surface area contributed by atoms with E-state index in [9.17, 15) is 31.2 Å². The Balaban J connectivity index is 2.01. The second-order valence-corrected chi connectivity index (χ2v) is 9.55. The largest absolute Gasteiger partial charge is 0.416 e. The zero-order valence-corrected chi connectivity index (χ0v) is 17.3. The molecule has 3 N–H and O–H groups in total. The minimum absolute atomic E-state index is 0.00486. The number of alkyl halides is 3. The van der Waals surface area contributed by atoms with Gasteiger partial charge in [-0.1, -0.05) is 22.9 Å². The van der Waals surface area contributed by atoms with Crippen LogP contribution in [-0.2, 0) is 16.0 Å². The van der Waals surface area contributed by atoms with Crippen LogP contribution in [0.25, 0.3) is 10.2 Å². The number of thiazole rings is 1. The maximum atomic E-state index is 13.1. The van der Waals surface area contributed by atoms with Crippen LogP contribution in [0.5, 0.6) is 0 Å². The van der Waals surface area contributed by atoms with Crippen molar-refractivity contribution >= 4 is 59.9 Å². The van der Waals surface area contributed by atoms with Gasteiger partial charge in [-0.15, -0.1) is 0 Å². The number of nitrogens with zero attached hydrogens (tertiary/aromatic N) is 1. The molecule has 1 aromatic heterocycles. The van der Waals surface area contributed by atoms with Crippen molar-refractivity contribution in [1.29, 1.82) is 0 Å². The average Bonchev–Trinajstić information content (AvgIpc) is 3.00. The number of benzene rings is 2. The number of amides is 2. The first-order chi connectivity index (χ1) is 13.8. The van der Waals surface area contributed by atoms with Crippen LogP contribution in [0.4, 0.5) is 18.3 Å². The van der Waals surface area contributed by atoms with Gasteiger partial charge >= 0.3 is 6.18 Å². The van der Waals surface area contributed by atoms with Crippen LogP contribution < -0.4 is 11.1 Å². The highest BCUT2D eigenvalue weighted by Crippen LogP contribution is 2.35. The van der Waals surface area contributed by atoms with E-state index in [4.69, 9.17) is 17.3 Å². The highest BCUT2D eigenvalue weighted by atomic mass is 35.5. The lowest BCUT2D eigenvalue weighted by Crippen LogP contribution is -2.19. The van der Waals surface area contributed by atoms with Crippen LogP contribution in [0, 0.1) is 0 Å². The molecule has 158 valence electrons. The number of halogens is 4. The van der Waals surface area contributed by atoms with Crippen molar-refractivity contribution in [3.8, 4) is 0 Å². The lowest BCUT2D eigenvalue weighted by molar-refractivity contribution is -0.137. The lowest BCUT2D eigenvalue weighted by Gasteiger charge is -2.13. The molecule has 3 rings (SSSR count). The predicted molar refractivity (Wildman–Crippen MR) is 106 cm³/mol. The number of nitrogens with two attached hydrogens (primary N) is 1. The quantitative estimate of drug-likeness (QED) is 0.593. The molecule has 30 heavy (non-hydrogen) atoms. The van der Waals surface area contributed by atoms with Crippen LogP contribution in [-0.4, -0.2) is 31.5 Å². The molecule has 0 bridgehead atoms. The topological polar surface area (TPSA) is 119 Å². The number of hydrogen-bond donors (Lipinski definition) is 2. The summed E-state index contributed by atoms with van der Waals surface area (Å²) in [5.74, 6) is -2.27. The summed E-state index contributed by atoms with van der Waals surface area (Å²) in [7, 11) is -3.46. The van der Waals surface area contributed by atoms with Gasteiger partial charge in [0.25, 0.3) is 5.91 Å². The van der Waals surface area contributed by atoms with Crippen molar-refractivity contribution < 1.29 is 31.2 Å². The zero-order chi connectivity index (χ0) is 22.4.